The Balaban J connectivity index is 0.00000264. The van der Waals surface area contributed by atoms with Crippen molar-refractivity contribution in [2.24, 2.45) is 10.4 Å². The highest BCUT2D eigenvalue weighted by atomic mass is 127. The molecular weight excluding hydrogens is 401 g/mol. The Morgan fingerprint density at radius 3 is 2.65 bits per heavy atom. The van der Waals surface area contributed by atoms with Gasteiger partial charge in [0, 0.05) is 18.5 Å². The molecule has 4 nitrogen and oxygen atoms in total. The zero-order valence-corrected chi connectivity index (χ0v) is 16.5. The van der Waals surface area contributed by atoms with Crippen LogP contribution in [0.2, 0.25) is 0 Å². The Hall–Kier alpha value is -0.820. The van der Waals surface area contributed by atoms with Gasteiger partial charge < -0.3 is 15.7 Å². The van der Waals surface area contributed by atoms with Crippen molar-refractivity contribution in [2.75, 3.05) is 13.1 Å². The summed E-state index contributed by atoms with van der Waals surface area (Å²) in [6.07, 6.45) is 4.10. The van der Waals surface area contributed by atoms with Crippen molar-refractivity contribution >= 4 is 29.9 Å². The lowest BCUT2D eigenvalue weighted by atomic mass is 9.73. The van der Waals surface area contributed by atoms with Gasteiger partial charge in [0.2, 0.25) is 0 Å². The lowest BCUT2D eigenvalue weighted by molar-refractivity contribution is 0.00397. The van der Waals surface area contributed by atoms with E-state index < -0.39 is 0 Å². The molecule has 1 aliphatic carbocycles. The number of hydrogen-bond donors (Lipinski definition) is 3. The van der Waals surface area contributed by atoms with Gasteiger partial charge >= 0.3 is 0 Å². The van der Waals surface area contributed by atoms with Crippen LogP contribution in [0, 0.1) is 5.41 Å². The van der Waals surface area contributed by atoms with E-state index in [0.29, 0.717) is 6.54 Å². The first-order valence-electron chi connectivity index (χ1n) is 8.38. The summed E-state index contributed by atoms with van der Waals surface area (Å²) in [6, 6.07) is 10.2. The standard InChI is InChI=1S/C18H29N3O.HI/c1-3-19-17(20-13-15-9-5-4-6-10-15)21-14-18(2)12-8-7-11-16(18)22;/h4-6,9-10,16,22H,3,7-8,11-14H2,1-2H3,(H2,19,20,21);1H. The van der Waals surface area contributed by atoms with Crippen LogP contribution in [0.25, 0.3) is 0 Å². The first-order valence-corrected chi connectivity index (χ1v) is 8.38. The van der Waals surface area contributed by atoms with Crippen molar-refractivity contribution < 1.29 is 5.11 Å². The summed E-state index contributed by atoms with van der Waals surface area (Å²) >= 11 is 0. The molecule has 1 aromatic carbocycles. The van der Waals surface area contributed by atoms with Gasteiger partial charge in [-0.05, 0) is 25.3 Å². The number of halogens is 1. The number of nitrogens with zero attached hydrogens (tertiary/aromatic N) is 1. The van der Waals surface area contributed by atoms with Crippen molar-refractivity contribution in [1.82, 2.24) is 10.6 Å². The van der Waals surface area contributed by atoms with Gasteiger partial charge in [-0.2, -0.15) is 0 Å². The van der Waals surface area contributed by atoms with Crippen LogP contribution in [-0.4, -0.2) is 30.3 Å². The molecule has 2 unspecified atom stereocenters. The van der Waals surface area contributed by atoms with Gasteiger partial charge in [0.1, 0.15) is 0 Å². The molecule has 0 saturated heterocycles. The Morgan fingerprint density at radius 2 is 2.00 bits per heavy atom. The number of aliphatic imine (C=N–C) groups is 1. The molecule has 1 aromatic rings. The molecule has 1 saturated carbocycles. The first-order chi connectivity index (χ1) is 10.6. The number of benzene rings is 1. The fourth-order valence-electron chi connectivity index (χ4n) is 2.97. The minimum Gasteiger partial charge on any atom is -0.392 e. The maximum absolute atomic E-state index is 10.3. The largest absolute Gasteiger partial charge is 0.392 e. The monoisotopic (exact) mass is 431 g/mol. The van der Waals surface area contributed by atoms with Crippen molar-refractivity contribution in [3.63, 3.8) is 0 Å². The Kier molecular flexibility index (Phi) is 8.91. The summed E-state index contributed by atoms with van der Waals surface area (Å²) in [7, 11) is 0. The molecule has 0 aliphatic heterocycles. The van der Waals surface area contributed by atoms with Crippen LogP contribution in [0.15, 0.2) is 35.3 Å². The van der Waals surface area contributed by atoms with Crippen LogP contribution in [0.3, 0.4) is 0 Å². The summed E-state index contributed by atoms with van der Waals surface area (Å²) in [6.45, 7) is 6.49. The molecule has 5 heteroatoms. The van der Waals surface area contributed by atoms with Gasteiger partial charge in [-0.25, -0.2) is 4.99 Å². The van der Waals surface area contributed by atoms with Gasteiger partial charge in [-0.3, -0.25) is 0 Å². The molecule has 0 spiro atoms. The molecule has 0 bridgehead atoms. The number of rotatable bonds is 5. The summed E-state index contributed by atoms with van der Waals surface area (Å²) in [5, 5.41) is 17.0. The average Bonchev–Trinajstić information content (AvgIpc) is 2.54. The van der Waals surface area contributed by atoms with Crippen molar-refractivity contribution in [2.45, 2.75) is 52.2 Å². The SMILES string of the molecule is CCNC(=NCc1ccccc1)NCC1(C)CCCCC1O.I. The maximum atomic E-state index is 10.3. The number of aliphatic hydroxyl groups is 1. The first kappa shape index (κ1) is 20.2. The third-order valence-corrected chi connectivity index (χ3v) is 4.55. The van der Waals surface area contributed by atoms with Gasteiger partial charge in [-0.1, -0.05) is 50.1 Å². The molecule has 0 radical (unpaired) electrons. The molecule has 0 heterocycles. The molecule has 130 valence electrons. The van der Waals surface area contributed by atoms with Gasteiger partial charge in [0.25, 0.3) is 0 Å². The normalized spacial score (nSPS) is 24.7. The van der Waals surface area contributed by atoms with E-state index in [1.165, 1.54) is 12.0 Å². The molecule has 0 amide bonds. The highest BCUT2D eigenvalue weighted by Gasteiger charge is 2.35. The molecule has 3 N–H and O–H groups in total. The predicted octanol–water partition coefficient (Wildman–Crippen LogP) is 3.30. The lowest BCUT2D eigenvalue weighted by Gasteiger charge is -2.38. The van der Waals surface area contributed by atoms with E-state index in [0.717, 1.165) is 38.3 Å². The molecule has 1 aliphatic rings. The number of nitrogens with one attached hydrogen (secondary N) is 2. The second-order valence-corrected chi connectivity index (χ2v) is 6.45. The fraction of sp³-hybridized carbons (Fsp3) is 0.611. The van der Waals surface area contributed by atoms with Crippen LogP contribution in [0.1, 0.15) is 45.1 Å². The van der Waals surface area contributed by atoms with Gasteiger partial charge in [0.15, 0.2) is 5.96 Å². The van der Waals surface area contributed by atoms with E-state index >= 15 is 0 Å². The smallest absolute Gasteiger partial charge is 0.191 e. The second-order valence-electron chi connectivity index (χ2n) is 6.45. The molecule has 2 rings (SSSR count). The highest BCUT2D eigenvalue weighted by Crippen LogP contribution is 2.35. The minimum absolute atomic E-state index is 0. The van der Waals surface area contributed by atoms with Crippen LogP contribution < -0.4 is 10.6 Å². The molecule has 1 fully saturated rings. The van der Waals surface area contributed by atoms with Crippen molar-refractivity contribution in [3.8, 4) is 0 Å². The Bertz CT molecular complexity index is 480. The summed E-state index contributed by atoms with van der Waals surface area (Å²) in [5.41, 5.74) is 1.14. The van der Waals surface area contributed by atoms with Gasteiger partial charge in [0.05, 0.1) is 12.6 Å². The van der Waals surface area contributed by atoms with E-state index in [-0.39, 0.29) is 35.5 Å². The van der Waals surface area contributed by atoms with E-state index in [2.05, 4.69) is 41.6 Å². The van der Waals surface area contributed by atoms with Crippen molar-refractivity contribution in [1.29, 1.82) is 0 Å². The van der Waals surface area contributed by atoms with Crippen molar-refractivity contribution in [3.05, 3.63) is 35.9 Å². The van der Waals surface area contributed by atoms with E-state index in [1.807, 2.05) is 18.2 Å². The Morgan fingerprint density at radius 1 is 1.26 bits per heavy atom. The summed E-state index contributed by atoms with van der Waals surface area (Å²) < 4.78 is 0. The Labute approximate surface area is 157 Å². The topological polar surface area (TPSA) is 56.7 Å². The third-order valence-electron chi connectivity index (χ3n) is 4.55. The quantitative estimate of drug-likeness (QED) is 0.381. The second kappa shape index (κ2) is 10.1. The predicted molar refractivity (Wildman–Crippen MR) is 107 cm³/mol. The molecule has 2 atom stereocenters. The maximum Gasteiger partial charge on any atom is 0.191 e. The van der Waals surface area contributed by atoms with Crippen LogP contribution >= 0.6 is 24.0 Å². The van der Waals surface area contributed by atoms with Crippen LogP contribution in [0.4, 0.5) is 0 Å². The summed E-state index contributed by atoms with van der Waals surface area (Å²) in [5.74, 6) is 0.824. The van der Waals surface area contributed by atoms with E-state index in [1.54, 1.807) is 0 Å². The van der Waals surface area contributed by atoms with Gasteiger partial charge in [-0.15, -0.1) is 24.0 Å². The number of aliphatic hydroxyl groups excluding tert-OH is 1. The molecular formula is C18H30IN3O. The lowest BCUT2D eigenvalue weighted by Crippen LogP contribution is -2.48. The average molecular weight is 431 g/mol. The third kappa shape index (κ3) is 6.30. The van der Waals surface area contributed by atoms with Crippen LogP contribution in [0.5, 0.6) is 0 Å². The molecule has 23 heavy (non-hydrogen) atoms. The minimum atomic E-state index is -0.217. The molecule has 0 aromatic heterocycles. The number of hydrogen-bond acceptors (Lipinski definition) is 2. The number of guanidine groups is 1. The van der Waals surface area contributed by atoms with E-state index in [4.69, 9.17) is 0 Å². The zero-order valence-electron chi connectivity index (χ0n) is 14.2. The fourth-order valence-corrected chi connectivity index (χ4v) is 2.97. The summed E-state index contributed by atoms with van der Waals surface area (Å²) in [4.78, 5) is 4.64. The van der Waals surface area contributed by atoms with Crippen LogP contribution in [-0.2, 0) is 6.54 Å². The highest BCUT2D eigenvalue weighted by molar-refractivity contribution is 14.0. The zero-order chi connectivity index (χ0) is 15.8. The van der Waals surface area contributed by atoms with E-state index in [9.17, 15) is 5.11 Å².